The van der Waals surface area contributed by atoms with Crippen molar-refractivity contribution in [2.45, 2.75) is 6.54 Å². The molecule has 0 aliphatic heterocycles. The number of nitrogens with one attached hydrogen (secondary N) is 1. The summed E-state index contributed by atoms with van der Waals surface area (Å²) in [7, 11) is 0. The lowest BCUT2D eigenvalue weighted by Crippen LogP contribution is -2.23. The van der Waals surface area contributed by atoms with Gasteiger partial charge in [0.25, 0.3) is 5.91 Å². The Kier molecular flexibility index (Phi) is 3.03. The summed E-state index contributed by atoms with van der Waals surface area (Å²) in [5.41, 5.74) is 0.827. The van der Waals surface area contributed by atoms with Gasteiger partial charge in [0, 0.05) is 6.54 Å². The van der Waals surface area contributed by atoms with E-state index >= 15 is 0 Å². The summed E-state index contributed by atoms with van der Waals surface area (Å²) < 4.78 is 0. The predicted octanol–water partition coefficient (Wildman–Crippen LogP) is 0.207. The van der Waals surface area contributed by atoms with Crippen LogP contribution in [-0.4, -0.2) is 17.3 Å². The second-order valence-electron chi connectivity index (χ2n) is 2.50. The summed E-state index contributed by atoms with van der Waals surface area (Å²) in [5.74, 6) is -0.474. The molecule has 4 nitrogen and oxygen atoms in total. The fourth-order valence-electron chi connectivity index (χ4n) is 0.845. The van der Waals surface area contributed by atoms with E-state index in [0.29, 0.717) is 0 Å². The Labute approximate surface area is 75.2 Å². The van der Waals surface area contributed by atoms with Crippen molar-refractivity contribution in [1.82, 2.24) is 5.32 Å². The molecule has 2 N–H and O–H groups in total. The van der Waals surface area contributed by atoms with Gasteiger partial charge in [-0.1, -0.05) is 12.1 Å². The Bertz CT molecular complexity index is 305. The zero-order valence-corrected chi connectivity index (χ0v) is 6.86. The number of rotatable bonds is 3. The van der Waals surface area contributed by atoms with Gasteiger partial charge in [0.05, 0.1) is 0 Å². The summed E-state index contributed by atoms with van der Waals surface area (Å²) in [6.45, 7) is 0.290. The molecule has 1 amide bonds. The van der Waals surface area contributed by atoms with Gasteiger partial charge in [0.2, 0.25) is 6.29 Å². The molecule has 1 rings (SSSR count). The Hall–Kier alpha value is -1.84. The lowest BCUT2D eigenvalue weighted by Gasteiger charge is -2.00. The number of carbonyl (C=O) groups excluding carboxylic acids is 2. The molecule has 0 fully saturated rings. The Morgan fingerprint density at radius 3 is 2.54 bits per heavy atom. The Morgan fingerprint density at radius 1 is 1.38 bits per heavy atom. The van der Waals surface area contributed by atoms with E-state index in [9.17, 15) is 9.59 Å². The summed E-state index contributed by atoms with van der Waals surface area (Å²) in [6, 6.07) is 6.37. The number of hydrogen-bond donors (Lipinski definition) is 2. The van der Waals surface area contributed by atoms with Crippen LogP contribution < -0.4 is 5.32 Å². The van der Waals surface area contributed by atoms with Crippen molar-refractivity contribution in [2.75, 3.05) is 0 Å². The van der Waals surface area contributed by atoms with E-state index in [2.05, 4.69) is 5.32 Å². The van der Waals surface area contributed by atoms with Crippen molar-refractivity contribution in [1.29, 1.82) is 0 Å². The number of benzene rings is 1. The van der Waals surface area contributed by atoms with E-state index < -0.39 is 5.91 Å². The van der Waals surface area contributed by atoms with Crippen LogP contribution >= 0.6 is 0 Å². The van der Waals surface area contributed by atoms with Gasteiger partial charge in [0.15, 0.2) is 0 Å². The molecule has 0 heterocycles. The molecular weight excluding hydrogens is 170 g/mol. The molecule has 0 saturated carbocycles. The van der Waals surface area contributed by atoms with Crippen LogP contribution in [-0.2, 0) is 16.1 Å². The number of phenolic OH excluding ortho intramolecular Hbond substituents is 1. The van der Waals surface area contributed by atoms with E-state index in [0.717, 1.165) is 5.56 Å². The van der Waals surface area contributed by atoms with Crippen LogP contribution in [0.3, 0.4) is 0 Å². The third kappa shape index (κ3) is 2.94. The maximum absolute atomic E-state index is 10.5. The molecule has 13 heavy (non-hydrogen) atoms. The molecule has 0 atom stereocenters. The Balaban J connectivity index is 2.50. The van der Waals surface area contributed by atoms with Gasteiger partial charge in [-0.2, -0.15) is 0 Å². The highest BCUT2D eigenvalue weighted by Gasteiger charge is 1.97. The van der Waals surface area contributed by atoms with Crippen molar-refractivity contribution < 1.29 is 14.7 Å². The first kappa shape index (κ1) is 9.25. The third-order valence-electron chi connectivity index (χ3n) is 1.51. The Morgan fingerprint density at radius 2 is 2.00 bits per heavy atom. The highest BCUT2D eigenvalue weighted by Crippen LogP contribution is 2.08. The van der Waals surface area contributed by atoms with Gasteiger partial charge >= 0.3 is 0 Å². The minimum Gasteiger partial charge on any atom is -0.508 e. The second kappa shape index (κ2) is 4.25. The molecule has 0 aromatic heterocycles. The van der Waals surface area contributed by atoms with Gasteiger partial charge in [0.1, 0.15) is 5.75 Å². The van der Waals surface area contributed by atoms with Crippen molar-refractivity contribution in [3.63, 3.8) is 0 Å². The van der Waals surface area contributed by atoms with Crippen LogP contribution in [0.4, 0.5) is 0 Å². The standard InChI is InChI=1S/C9H9NO3/c11-6-9(13)10-5-7-1-3-8(12)4-2-7/h1-4,6,12H,5H2,(H,10,13). The highest BCUT2D eigenvalue weighted by atomic mass is 16.3. The van der Waals surface area contributed by atoms with E-state index in [1.54, 1.807) is 12.1 Å². The maximum atomic E-state index is 10.5. The van der Waals surface area contributed by atoms with Gasteiger partial charge < -0.3 is 10.4 Å². The number of aromatic hydroxyl groups is 1. The normalized spacial score (nSPS) is 9.23. The first-order chi connectivity index (χ1) is 6.22. The van der Waals surface area contributed by atoms with Crippen molar-refractivity contribution >= 4 is 12.2 Å². The van der Waals surface area contributed by atoms with Crippen molar-refractivity contribution in [3.05, 3.63) is 29.8 Å². The molecule has 0 spiro atoms. The average molecular weight is 179 g/mol. The molecule has 0 aliphatic rings. The van der Waals surface area contributed by atoms with E-state index in [1.165, 1.54) is 12.1 Å². The second-order valence-corrected chi connectivity index (χ2v) is 2.50. The molecule has 4 heteroatoms. The zero-order chi connectivity index (χ0) is 9.68. The van der Waals surface area contributed by atoms with Crippen molar-refractivity contribution in [3.8, 4) is 5.75 Å². The molecular formula is C9H9NO3. The van der Waals surface area contributed by atoms with Crippen LogP contribution in [0.1, 0.15) is 5.56 Å². The number of phenols is 1. The summed E-state index contributed by atoms with van der Waals surface area (Å²) in [4.78, 5) is 20.5. The summed E-state index contributed by atoms with van der Waals surface area (Å²) in [5, 5.41) is 11.3. The molecule has 0 radical (unpaired) electrons. The number of amides is 1. The molecule has 1 aromatic rings. The van der Waals surface area contributed by atoms with Gasteiger partial charge in [-0.3, -0.25) is 9.59 Å². The first-order valence-electron chi connectivity index (χ1n) is 3.73. The van der Waals surface area contributed by atoms with Crippen LogP contribution in [0, 0.1) is 0 Å². The number of aldehydes is 1. The van der Waals surface area contributed by atoms with E-state index in [1.807, 2.05) is 0 Å². The van der Waals surface area contributed by atoms with Crippen LogP contribution in [0.15, 0.2) is 24.3 Å². The highest BCUT2D eigenvalue weighted by molar-refractivity contribution is 6.23. The fraction of sp³-hybridized carbons (Fsp3) is 0.111. The number of hydrogen-bond acceptors (Lipinski definition) is 3. The molecule has 0 unspecified atom stereocenters. The molecule has 1 aromatic carbocycles. The lowest BCUT2D eigenvalue weighted by atomic mass is 10.2. The fourth-order valence-corrected chi connectivity index (χ4v) is 0.845. The van der Waals surface area contributed by atoms with Gasteiger partial charge in [-0.25, -0.2) is 0 Å². The van der Waals surface area contributed by atoms with Crippen LogP contribution in [0.5, 0.6) is 5.75 Å². The molecule has 0 saturated heterocycles. The zero-order valence-electron chi connectivity index (χ0n) is 6.86. The molecule has 0 aliphatic carbocycles. The topological polar surface area (TPSA) is 66.4 Å². The van der Waals surface area contributed by atoms with Gasteiger partial charge in [-0.15, -0.1) is 0 Å². The predicted molar refractivity (Wildman–Crippen MR) is 46.0 cm³/mol. The molecule has 0 bridgehead atoms. The molecule has 68 valence electrons. The smallest absolute Gasteiger partial charge is 0.284 e. The third-order valence-corrected chi connectivity index (χ3v) is 1.51. The monoisotopic (exact) mass is 179 g/mol. The van der Waals surface area contributed by atoms with Crippen LogP contribution in [0.25, 0.3) is 0 Å². The van der Waals surface area contributed by atoms with Crippen LogP contribution in [0.2, 0.25) is 0 Å². The van der Waals surface area contributed by atoms with E-state index in [4.69, 9.17) is 5.11 Å². The van der Waals surface area contributed by atoms with Crippen molar-refractivity contribution in [2.24, 2.45) is 0 Å². The summed E-state index contributed by atoms with van der Waals surface area (Å²) in [6.07, 6.45) is 0.223. The van der Waals surface area contributed by atoms with E-state index in [-0.39, 0.29) is 18.6 Å². The summed E-state index contributed by atoms with van der Waals surface area (Å²) >= 11 is 0. The first-order valence-corrected chi connectivity index (χ1v) is 3.73. The minimum atomic E-state index is -0.645. The lowest BCUT2D eigenvalue weighted by molar-refractivity contribution is -0.131. The number of carbonyl (C=O) groups is 2. The minimum absolute atomic E-state index is 0.172. The van der Waals surface area contributed by atoms with Gasteiger partial charge in [-0.05, 0) is 17.7 Å². The largest absolute Gasteiger partial charge is 0.508 e. The maximum Gasteiger partial charge on any atom is 0.284 e. The SMILES string of the molecule is O=CC(=O)NCc1ccc(O)cc1. The quantitative estimate of drug-likeness (QED) is 0.514. The average Bonchev–Trinajstić information content (AvgIpc) is 2.16.